The van der Waals surface area contributed by atoms with E-state index in [1.165, 1.54) is 17.7 Å². The Bertz CT molecular complexity index is 678. The summed E-state index contributed by atoms with van der Waals surface area (Å²) in [7, 11) is 0. The minimum absolute atomic E-state index is 0.0310. The van der Waals surface area contributed by atoms with E-state index < -0.39 is 0 Å². The highest BCUT2D eigenvalue weighted by Crippen LogP contribution is 2.22. The summed E-state index contributed by atoms with van der Waals surface area (Å²) in [6.07, 6.45) is 7.50. The van der Waals surface area contributed by atoms with E-state index in [9.17, 15) is 9.18 Å². The van der Waals surface area contributed by atoms with E-state index in [1.807, 2.05) is 17.0 Å². The van der Waals surface area contributed by atoms with Gasteiger partial charge in [-0.2, -0.15) is 0 Å². The third kappa shape index (κ3) is 4.31. The summed E-state index contributed by atoms with van der Waals surface area (Å²) in [5.41, 5.74) is 1.24. The van der Waals surface area contributed by atoms with Crippen LogP contribution in [0.15, 0.2) is 48.8 Å². The molecule has 0 spiro atoms. The van der Waals surface area contributed by atoms with E-state index in [-0.39, 0.29) is 24.4 Å². The molecule has 1 saturated heterocycles. The molecule has 0 radical (unpaired) electrons. The van der Waals surface area contributed by atoms with Crippen LogP contribution in [0.3, 0.4) is 0 Å². The van der Waals surface area contributed by atoms with Crippen LogP contribution in [-0.2, 0) is 11.2 Å². The van der Waals surface area contributed by atoms with E-state index in [0.29, 0.717) is 5.75 Å². The lowest BCUT2D eigenvalue weighted by Crippen LogP contribution is -2.38. The first-order valence-corrected chi connectivity index (χ1v) is 8.29. The van der Waals surface area contributed by atoms with Crippen LogP contribution in [0, 0.1) is 5.82 Å². The van der Waals surface area contributed by atoms with Crippen molar-refractivity contribution in [3.8, 4) is 5.75 Å². The molecule has 3 rings (SSSR count). The summed E-state index contributed by atoms with van der Waals surface area (Å²) >= 11 is 0. The number of carbonyl (C=O) groups excluding carboxylic acids is 1. The lowest BCUT2D eigenvalue weighted by molar-refractivity contribution is -0.134. The minimum atomic E-state index is -0.364. The van der Waals surface area contributed by atoms with Gasteiger partial charge < -0.3 is 9.64 Å². The van der Waals surface area contributed by atoms with Crippen LogP contribution in [0.5, 0.6) is 5.75 Å². The molecular formula is C19H21FN2O2. The Balaban J connectivity index is 1.51. The van der Waals surface area contributed by atoms with Crippen molar-refractivity contribution in [1.82, 2.24) is 9.88 Å². The highest BCUT2D eigenvalue weighted by atomic mass is 19.1. The maximum Gasteiger partial charge on any atom is 0.260 e. The summed E-state index contributed by atoms with van der Waals surface area (Å²) in [5, 5.41) is 0. The Morgan fingerprint density at radius 3 is 2.92 bits per heavy atom. The Morgan fingerprint density at radius 1 is 1.29 bits per heavy atom. The molecular weight excluding hydrogens is 307 g/mol. The van der Waals surface area contributed by atoms with E-state index in [0.717, 1.165) is 32.2 Å². The zero-order chi connectivity index (χ0) is 16.8. The van der Waals surface area contributed by atoms with Crippen molar-refractivity contribution in [2.75, 3.05) is 13.2 Å². The van der Waals surface area contributed by atoms with Gasteiger partial charge in [0.05, 0.1) is 0 Å². The van der Waals surface area contributed by atoms with Gasteiger partial charge in [0.25, 0.3) is 5.91 Å². The molecule has 1 atom stereocenters. The number of amides is 1. The number of hydrogen-bond donors (Lipinski definition) is 0. The second kappa shape index (κ2) is 7.90. The Morgan fingerprint density at radius 2 is 2.12 bits per heavy atom. The van der Waals surface area contributed by atoms with Crippen LogP contribution in [0.2, 0.25) is 0 Å². The fraction of sp³-hybridized carbons (Fsp3) is 0.368. The van der Waals surface area contributed by atoms with Gasteiger partial charge in [-0.15, -0.1) is 0 Å². The van der Waals surface area contributed by atoms with Crippen LogP contribution >= 0.6 is 0 Å². The van der Waals surface area contributed by atoms with E-state index in [4.69, 9.17) is 4.74 Å². The highest BCUT2D eigenvalue weighted by molar-refractivity contribution is 5.78. The van der Waals surface area contributed by atoms with Crippen molar-refractivity contribution >= 4 is 5.91 Å². The summed E-state index contributed by atoms with van der Waals surface area (Å²) in [6.45, 7) is 0.724. The third-order valence-electron chi connectivity index (χ3n) is 4.37. The van der Waals surface area contributed by atoms with Crippen LogP contribution in [0.25, 0.3) is 0 Å². The van der Waals surface area contributed by atoms with Gasteiger partial charge in [-0.05, 0) is 55.5 Å². The number of halogens is 1. The number of ether oxygens (including phenoxy) is 1. The topological polar surface area (TPSA) is 42.4 Å². The first kappa shape index (κ1) is 16.4. The number of hydrogen-bond acceptors (Lipinski definition) is 3. The number of rotatable bonds is 6. The van der Waals surface area contributed by atoms with Gasteiger partial charge in [0.2, 0.25) is 0 Å². The van der Waals surface area contributed by atoms with Gasteiger partial charge in [-0.3, -0.25) is 9.78 Å². The second-order valence-electron chi connectivity index (χ2n) is 6.02. The molecule has 1 aliphatic heterocycles. The highest BCUT2D eigenvalue weighted by Gasteiger charge is 2.28. The maximum absolute atomic E-state index is 13.1. The van der Waals surface area contributed by atoms with Gasteiger partial charge in [0, 0.05) is 31.0 Å². The smallest absolute Gasteiger partial charge is 0.260 e. The van der Waals surface area contributed by atoms with E-state index in [1.54, 1.807) is 24.5 Å². The molecule has 0 bridgehead atoms. The van der Waals surface area contributed by atoms with Gasteiger partial charge in [-0.25, -0.2) is 4.39 Å². The second-order valence-corrected chi connectivity index (χ2v) is 6.02. The predicted octanol–water partition coefficient (Wildman–Crippen LogP) is 3.22. The number of pyridine rings is 1. The van der Waals surface area contributed by atoms with E-state index >= 15 is 0 Å². The van der Waals surface area contributed by atoms with Crippen LogP contribution in [-0.4, -0.2) is 35.0 Å². The molecule has 126 valence electrons. The number of nitrogens with zero attached hydrogens (tertiary/aromatic N) is 2. The van der Waals surface area contributed by atoms with Gasteiger partial charge in [0.15, 0.2) is 6.61 Å². The summed E-state index contributed by atoms with van der Waals surface area (Å²) in [6, 6.07) is 10.1. The molecule has 1 fully saturated rings. The zero-order valence-corrected chi connectivity index (χ0v) is 13.5. The Labute approximate surface area is 141 Å². The fourth-order valence-corrected chi connectivity index (χ4v) is 3.13. The summed E-state index contributed by atoms with van der Waals surface area (Å²) in [5.74, 6) is -0.0104. The summed E-state index contributed by atoms with van der Waals surface area (Å²) in [4.78, 5) is 18.3. The van der Waals surface area contributed by atoms with Crippen molar-refractivity contribution in [2.45, 2.75) is 31.7 Å². The average Bonchev–Trinajstić information content (AvgIpc) is 3.07. The van der Waals surface area contributed by atoms with Crippen LogP contribution in [0.4, 0.5) is 4.39 Å². The van der Waals surface area contributed by atoms with Crippen LogP contribution in [0.1, 0.15) is 24.8 Å². The number of benzene rings is 1. The first-order chi connectivity index (χ1) is 11.7. The van der Waals surface area contributed by atoms with Gasteiger partial charge in [-0.1, -0.05) is 6.07 Å². The normalized spacial score (nSPS) is 17.0. The van der Waals surface area contributed by atoms with Crippen molar-refractivity contribution in [1.29, 1.82) is 0 Å². The molecule has 0 saturated carbocycles. The Hall–Kier alpha value is -2.43. The minimum Gasteiger partial charge on any atom is -0.484 e. The molecule has 1 aromatic heterocycles. The lowest BCUT2D eigenvalue weighted by Gasteiger charge is -2.25. The van der Waals surface area contributed by atoms with Crippen molar-refractivity contribution in [2.24, 2.45) is 0 Å². The number of carbonyl (C=O) groups is 1. The first-order valence-electron chi connectivity index (χ1n) is 8.29. The van der Waals surface area contributed by atoms with Crippen molar-refractivity contribution in [3.63, 3.8) is 0 Å². The standard InChI is InChI=1S/C19H21FN2O2/c20-16-3-1-5-18(13-16)24-14-19(23)22-12-2-4-17(22)7-6-15-8-10-21-11-9-15/h1,3,5,8-11,13,17H,2,4,6-7,12,14H2/t17-/m1/s1. The SMILES string of the molecule is O=C(COc1cccc(F)c1)N1CCC[C@@H]1CCc1ccncc1. The zero-order valence-electron chi connectivity index (χ0n) is 13.5. The molecule has 0 unspecified atom stereocenters. The molecule has 5 heteroatoms. The number of likely N-dealkylation sites (tertiary alicyclic amines) is 1. The van der Waals surface area contributed by atoms with E-state index in [2.05, 4.69) is 4.98 Å². The molecule has 1 aliphatic rings. The van der Waals surface area contributed by atoms with Crippen molar-refractivity contribution < 1.29 is 13.9 Å². The molecule has 1 aromatic carbocycles. The molecule has 4 nitrogen and oxygen atoms in total. The molecule has 1 amide bonds. The largest absolute Gasteiger partial charge is 0.484 e. The number of aromatic nitrogens is 1. The maximum atomic E-state index is 13.1. The molecule has 2 aromatic rings. The van der Waals surface area contributed by atoms with Crippen molar-refractivity contribution in [3.05, 3.63) is 60.2 Å². The molecule has 0 N–H and O–H groups in total. The Kier molecular flexibility index (Phi) is 5.41. The fourth-order valence-electron chi connectivity index (χ4n) is 3.13. The number of aryl methyl sites for hydroxylation is 1. The molecule has 24 heavy (non-hydrogen) atoms. The third-order valence-corrected chi connectivity index (χ3v) is 4.37. The average molecular weight is 328 g/mol. The van der Waals surface area contributed by atoms with Gasteiger partial charge >= 0.3 is 0 Å². The monoisotopic (exact) mass is 328 g/mol. The predicted molar refractivity (Wildman–Crippen MR) is 89.2 cm³/mol. The summed E-state index contributed by atoms with van der Waals surface area (Å²) < 4.78 is 18.6. The molecule has 0 aliphatic carbocycles. The van der Waals surface area contributed by atoms with Crippen LogP contribution < -0.4 is 4.74 Å². The lowest BCUT2D eigenvalue weighted by atomic mass is 10.0. The van der Waals surface area contributed by atoms with Gasteiger partial charge in [0.1, 0.15) is 11.6 Å². The quantitative estimate of drug-likeness (QED) is 0.818. The molecule has 2 heterocycles.